The van der Waals surface area contributed by atoms with Gasteiger partial charge in [0.15, 0.2) is 5.58 Å². The Kier molecular flexibility index (Phi) is 4.51. The van der Waals surface area contributed by atoms with Crippen LogP contribution in [0.2, 0.25) is 0 Å². The van der Waals surface area contributed by atoms with Crippen molar-refractivity contribution < 1.29 is 9.21 Å². The summed E-state index contributed by atoms with van der Waals surface area (Å²) in [5.41, 5.74) is 4.53. The first kappa shape index (κ1) is 16.1. The third kappa shape index (κ3) is 3.40. The highest BCUT2D eigenvalue weighted by Crippen LogP contribution is 2.14. The topological polar surface area (TPSA) is 64.2 Å². The molecule has 0 spiro atoms. The summed E-state index contributed by atoms with van der Waals surface area (Å²) in [6.45, 7) is 2.55. The molecule has 0 radical (unpaired) electrons. The van der Waals surface area contributed by atoms with Crippen LogP contribution in [-0.2, 0) is 24.7 Å². The Balaban J connectivity index is 1.57. The van der Waals surface area contributed by atoms with Crippen molar-refractivity contribution in [3.05, 3.63) is 69.7 Å². The first-order valence-electron chi connectivity index (χ1n) is 7.94. The number of carbonyl (C=O) groups excluding carboxylic acids is 1. The molecule has 0 saturated carbocycles. The Morgan fingerprint density at radius 3 is 2.79 bits per heavy atom. The second-order valence-electron chi connectivity index (χ2n) is 5.93. The molecule has 3 aromatic rings. The molecule has 5 heteroatoms. The zero-order valence-corrected chi connectivity index (χ0v) is 13.8. The number of nitrogens with one attached hydrogen (secondary N) is 1. The summed E-state index contributed by atoms with van der Waals surface area (Å²) in [7, 11) is 1.68. The number of oxazole rings is 1. The predicted octanol–water partition coefficient (Wildman–Crippen LogP) is 2.34. The van der Waals surface area contributed by atoms with E-state index < -0.39 is 0 Å². The van der Waals surface area contributed by atoms with E-state index in [2.05, 4.69) is 5.32 Å². The van der Waals surface area contributed by atoms with Crippen molar-refractivity contribution in [3.63, 3.8) is 0 Å². The molecule has 3 rings (SSSR count). The van der Waals surface area contributed by atoms with Gasteiger partial charge >= 0.3 is 5.76 Å². The Hall–Kier alpha value is -2.82. The second-order valence-corrected chi connectivity index (χ2v) is 5.93. The smallest absolute Gasteiger partial charge is 0.408 e. The first-order valence-corrected chi connectivity index (χ1v) is 7.94. The van der Waals surface area contributed by atoms with Crippen LogP contribution < -0.4 is 11.1 Å². The van der Waals surface area contributed by atoms with Gasteiger partial charge in [-0.2, -0.15) is 0 Å². The average molecular weight is 324 g/mol. The Morgan fingerprint density at radius 2 is 2.00 bits per heavy atom. The lowest BCUT2D eigenvalue weighted by molar-refractivity contribution is -0.120. The van der Waals surface area contributed by atoms with Gasteiger partial charge in [-0.15, -0.1) is 0 Å². The second kappa shape index (κ2) is 6.74. The van der Waals surface area contributed by atoms with Gasteiger partial charge in [-0.05, 0) is 42.2 Å². The van der Waals surface area contributed by atoms with Crippen molar-refractivity contribution in [1.29, 1.82) is 0 Å². The standard InChI is InChI=1S/C19H20N2O3/c1-13-5-3-4-6-15(13)12-18(22)20-10-9-14-7-8-16-17(11-14)24-19(23)21(16)2/h3-8,11H,9-10,12H2,1-2H3,(H,20,22). The van der Waals surface area contributed by atoms with Gasteiger partial charge in [-0.3, -0.25) is 9.36 Å². The molecule has 0 fully saturated rings. The van der Waals surface area contributed by atoms with Crippen LogP contribution in [0.1, 0.15) is 16.7 Å². The average Bonchev–Trinajstić information content (AvgIpc) is 2.84. The van der Waals surface area contributed by atoms with E-state index in [4.69, 9.17) is 4.42 Å². The molecule has 1 amide bonds. The molecule has 0 unspecified atom stereocenters. The van der Waals surface area contributed by atoms with Crippen LogP contribution >= 0.6 is 0 Å². The number of nitrogens with zero attached hydrogens (tertiary/aromatic N) is 1. The van der Waals surface area contributed by atoms with Crippen LogP contribution in [-0.4, -0.2) is 17.0 Å². The molecule has 0 saturated heterocycles. The fourth-order valence-electron chi connectivity index (χ4n) is 2.72. The SMILES string of the molecule is Cc1ccccc1CC(=O)NCCc1ccc2c(c1)oc(=O)n2C. The molecule has 0 atom stereocenters. The van der Waals surface area contributed by atoms with Crippen molar-refractivity contribution in [2.45, 2.75) is 19.8 Å². The summed E-state index contributed by atoms with van der Waals surface area (Å²) in [5.74, 6) is -0.356. The number of rotatable bonds is 5. The maximum Gasteiger partial charge on any atom is 0.419 e. The van der Waals surface area contributed by atoms with E-state index in [1.807, 2.05) is 49.4 Å². The largest absolute Gasteiger partial charge is 0.419 e. The van der Waals surface area contributed by atoms with Gasteiger partial charge < -0.3 is 9.73 Å². The maximum absolute atomic E-state index is 12.0. The van der Waals surface area contributed by atoms with E-state index in [1.165, 1.54) is 4.57 Å². The lowest BCUT2D eigenvalue weighted by atomic mass is 10.1. The van der Waals surface area contributed by atoms with Crippen LogP contribution in [0.15, 0.2) is 51.7 Å². The number of carbonyl (C=O) groups is 1. The molecule has 1 N–H and O–H groups in total. The Bertz CT molecular complexity index is 937. The predicted molar refractivity (Wildman–Crippen MR) is 93.1 cm³/mol. The summed E-state index contributed by atoms with van der Waals surface area (Å²) >= 11 is 0. The van der Waals surface area contributed by atoms with Crippen molar-refractivity contribution in [2.75, 3.05) is 6.54 Å². The monoisotopic (exact) mass is 324 g/mol. The van der Waals surface area contributed by atoms with Gasteiger partial charge in [0.25, 0.3) is 0 Å². The van der Waals surface area contributed by atoms with Gasteiger partial charge in [-0.1, -0.05) is 30.3 Å². The molecule has 0 aliphatic heterocycles. The normalized spacial score (nSPS) is 10.9. The Labute approximate surface area is 139 Å². The lowest BCUT2D eigenvalue weighted by Crippen LogP contribution is -2.27. The molecule has 24 heavy (non-hydrogen) atoms. The molecule has 2 aromatic carbocycles. The molecule has 0 bridgehead atoms. The molecule has 0 aliphatic carbocycles. The maximum atomic E-state index is 12.0. The molecule has 5 nitrogen and oxygen atoms in total. The zero-order chi connectivity index (χ0) is 17.1. The van der Waals surface area contributed by atoms with E-state index >= 15 is 0 Å². The number of aryl methyl sites for hydroxylation is 2. The van der Waals surface area contributed by atoms with Crippen LogP contribution in [0.25, 0.3) is 11.1 Å². The van der Waals surface area contributed by atoms with E-state index in [0.29, 0.717) is 25.0 Å². The van der Waals surface area contributed by atoms with Crippen molar-refractivity contribution >= 4 is 17.0 Å². The third-order valence-electron chi connectivity index (χ3n) is 4.20. The zero-order valence-electron chi connectivity index (χ0n) is 13.8. The highest BCUT2D eigenvalue weighted by atomic mass is 16.4. The van der Waals surface area contributed by atoms with Crippen molar-refractivity contribution in [3.8, 4) is 0 Å². The van der Waals surface area contributed by atoms with Crippen molar-refractivity contribution in [1.82, 2.24) is 9.88 Å². The van der Waals surface area contributed by atoms with Gasteiger partial charge in [0, 0.05) is 13.6 Å². The summed E-state index contributed by atoms with van der Waals surface area (Å²) in [6.07, 6.45) is 1.08. The minimum Gasteiger partial charge on any atom is -0.408 e. The van der Waals surface area contributed by atoms with Crippen molar-refractivity contribution in [2.24, 2.45) is 7.05 Å². The fraction of sp³-hybridized carbons (Fsp3) is 0.263. The highest BCUT2D eigenvalue weighted by Gasteiger charge is 2.08. The van der Waals surface area contributed by atoms with E-state index in [9.17, 15) is 9.59 Å². The van der Waals surface area contributed by atoms with Gasteiger partial charge in [0.1, 0.15) is 0 Å². The summed E-state index contributed by atoms with van der Waals surface area (Å²) in [5, 5.41) is 2.94. The van der Waals surface area contributed by atoms with E-state index in [0.717, 1.165) is 22.2 Å². The van der Waals surface area contributed by atoms with Gasteiger partial charge in [0.2, 0.25) is 5.91 Å². The molecular weight excluding hydrogens is 304 g/mol. The summed E-state index contributed by atoms with van der Waals surface area (Å²) in [6, 6.07) is 13.6. The summed E-state index contributed by atoms with van der Waals surface area (Å²) in [4.78, 5) is 23.5. The van der Waals surface area contributed by atoms with E-state index in [-0.39, 0.29) is 11.7 Å². The summed E-state index contributed by atoms with van der Waals surface area (Å²) < 4.78 is 6.65. The molecule has 124 valence electrons. The van der Waals surface area contributed by atoms with Crippen LogP contribution in [0, 0.1) is 6.92 Å². The highest BCUT2D eigenvalue weighted by molar-refractivity contribution is 5.79. The number of benzene rings is 2. The van der Waals surface area contributed by atoms with Crippen LogP contribution in [0.4, 0.5) is 0 Å². The van der Waals surface area contributed by atoms with E-state index in [1.54, 1.807) is 7.05 Å². The fourth-order valence-corrected chi connectivity index (χ4v) is 2.72. The van der Waals surface area contributed by atoms with Crippen LogP contribution in [0.3, 0.4) is 0 Å². The number of hydrogen-bond acceptors (Lipinski definition) is 3. The molecule has 1 aromatic heterocycles. The van der Waals surface area contributed by atoms with Crippen LogP contribution in [0.5, 0.6) is 0 Å². The molecular formula is C19H20N2O3. The number of amides is 1. The number of fused-ring (bicyclic) bond motifs is 1. The lowest BCUT2D eigenvalue weighted by Gasteiger charge is -2.07. The Morgan fingerprint density at radius 1 is 1.21 bits per heavy atom. The first-order chi connectivity index (χ1) is 11.5. The number of aromatic nitrogens is 1. The van der Waals surface area contributed by atoms with Gasteiger partial charge in [-0.25, -0.2) is 4.79 Å². The minimum absolute atomic E-state index is 0.0108. The minimum atomic E-state index is -0.367. The quantitative estimate of drug-likeness (QED) is 0.783. The molecule has 1 heterocycles. The third-order valence-corrected chi connectivity index (χ3v) is 4.20. The number of hydrogen-bond donors (Lipinski definition) is 1. The van der Waals surface area contributed by atoms with Gasteiger partial charge in [0.05, 0.1) is 11.9 Å². The molecule has 0 aliphatic rings.